The van der Waals surface area contributed by atoms with Crippen molar-refractivity contribution < 1.29 is 14.4 Å². The summed E-state index contributed by atoms with van der Waals surface area (Å²) in [6.07, 6.45) is 6.32. The molecular weight excluding hydrogens is 292 g/mol. The standard InChI is InChI=1S/C18H20N2O3/c1-12-7-9-13(10-8-12)11-15-16(21)19-18(23)20(17(15)22)14-5-3-2-4-6-14/h7-11,14H,2-6H2,1H3,(H,19,21,23)/b15-11+. The maximum Gasteiger partial charge on any atom is 0.331 e. The van der Waals surface area contributed by atoms with Crippen molar-refractivity contribution in [3.8, 4) is 0 Å². The summed E-state index contributed by atoms with van der Waals surface area (Å²) < 4.78 is 0. The van der Waals surface area contributed by atoms with Gasteiger partial charge in [-0.25, -0.2) is 4.79 Å². The maximum absolute atomic E-state index is 12.7. The molecule has 0 atom stereocenters. The number of aryl methyl sites for hydroxylation is 1. The van der Waals surface area contributed by atoms with Crippen molar-refractivity contribution in [1.82, 2.24) is 10.2 Å². The monoisotopic (exact) mass is 312 g/mol. The molecule has 4 amide bonds. The summed E-state index contributed by atoms with van der Waals surface area (Å²) in [5.74, 6) is -1.10. The molecular formula is C18H20N2O3. The highest BCUT2D eigenvalue weighted by molar-refractivity contribution is 6.31. The van der Waals surface area contributed by atoms with Crippen LogP contribution in [0, 0.1) is 6.92 Å². The number of benzene rings is 1. The highest BCUT2D eigenvalue weighted by Crippen LogP contribution is 2.26. The second-order valence-electron chi connectivity index (χ2n) is 6.19. The van der Waals surface area contributed by atoms with Gasteiger partial charge in [0.25, 0.3) is 11.8 Å². The zero-order valence-corrected chi connectivity index (χ0v) is 13.2. The molecule has 1 N–H and O–H groups in total. The Morgan fingerprint density at radius 1 is 1.04 bits per heavy atom. The normalized spacial score (nSPS) is 21.7. The topological polar surface area (TPSA) is 66.5 Å². The smallest absolute Gasteiger partial charge is 0.273 e. The molecule has 1 saturated heterocycles. The predicted molar refractivity (Wildman–Crippen MR) is 86.4 cm³/mol. The third kappa shape index (κ3) is 3.18. The second kappa shape index (κ2) is 6.36. The fourth-order valence-corrected chi connectivity index (χ4v) is 3.17. The van der Waals surface area contributed by atoms with E-state index in [1.807, 2.05) is 31.2 Å². The first-order valence-electron chi connectivity index (χ1n) is 8.03. The maximum atomic E-state index is 12.7. The zero-order chi connectivity index (χ0) is 16.4. The van der Waals surface area contributed by atoms with Crippen LogP contribution in [-0.4, -0.2) is 28.8 Å². The summed E-state index contributed by atoms with van der Waals surface area (Å²) in [6.45, 7) is 1.97. The first-order valence-corrected chi connectivity index (χ1v) is 8.03. The van der Waals surface area contributed by atoms with Gasteiger partial charge in [-0.2, -0.15) is 0 Å². The van der Waals surface area contributed by atoms with Crippen LogP contribution in [0.5, 0.6) is 0 Å². The lowest BCUT2D eigenvalue weighted by molar-refractivity contribution is -0.132. The number of carbonyl (C=O) groups is 3. The summed E-state index contributed by atoms with van der Waals surface area (Å²) in [7, 11) is 0. The van der Waals surface area contributed by atoms with Crippen molar-refractivity contribution in [3.05, 3.63) is 41.0 Å². The van der Waals surface area contributed by atoms with Gasteiger partial charge in [0.1, 0.15) is 5.57 Å². The summed E-state index contributed by atoms with van der Waals surface area (Å²) >= 11 is 0. The third-order valence-electron chi connectivity index (χ3n) is 4.46. The van der Waals surface area contributed by atoms with Crippen LogP contribution in [0.1, 0.15) is 43.2 Å². The van der Waals surface area contributed by atoms with Crippen molar-refractivity contribution in [2.75, 3.05) is 0 Å². The molecule has 1 aromatic carbocycles. The van der Waals surface area contributed by atoms with Gasteiger partial charge in [0, 0.05) is 6.04 Å². The molecule has 2 fully saturated rings. The molecule has 1 aromatic rings. The molecule has 5 nitrogen and oxygen atoms in total. The van der Waals surface area contributed by atoms with Gasteiger partial charge in [-0.15, -0.1) is 0 Å². The number of urea groups is 1. The Kier molecular flexibility index (Phi) is 4.28. The van der Waals surface area contributed by atoms with Crippen LogP contribution in [-0.2, 0) is 9.59 Å². The van der Waals surface area contributed by atoms with Gasteiger partial charge in [-0.1, -0.05) is 49.1 Å². The Morgan fingerprint density at radius 2 is 1.70 bits per heavy atom. The number of carbonyl (C=O) groups excluding carboxylic acids is 3. The number of amides is 4. The summed E-state index contributed by atoms with van der Waals surface area (Å²) in [5, 5.41) is 2.30. The van der Waals surface area contributed by atoms with E-state index in [1.165, 1.54) is 4.90 Å². The van der Waals surface area contributed by atoms with E-state index in [-0.39, 0.29) is 11.6 Å². The minimum atomic E-state index is -0.618. The lowest BCUT2D eigenvalue weighted by atomic mass is 9.93. The molecule has 1 aliphatic carbocycles. The quantitative estimate of drug-likeness (QED) is 0.674. The Balaban J connectivity index is 1.90. The van der Waals surface area contributed by atoms with Crippen molar-refractivity contribution >= 4 is 23.9 Å². The minimum absolute atomic E-state index is 0.0269. The van der Waals surface area contributed by atoms with Gasteiger partial charge in [0.15, 0.2) is 0 Å². The average molecular weight is 312 g/mol. The van der Waals surface area contributed by atoms with E-state index < -0.39 is 17.8 Å². The van der Waals surface area contributed by atoms with Crippen LogP contribution >= 0.6 is 0 Å². The molecule has 5 heteroatoms. The molecule has 3 rings (SSSR count). The fraction of sp³-hybridized carbons (Fsp3) is 0.389. The molecule has 0 spiro atoms. The fourth-order valence-electron chi connectivity index (χ4n) is 3.17. The van der Waals surface area contributed by atoms with Crippen molar-refractivity contribution in [2.45, 2.75) is 45.1 Å². The van der Waals surface area contributed by atoms with Crippen LogP contribution in [0.4, 0.5) is 4.79 Å². The molecule has 1 aliphatic heterocycles. The molecule has 0 bridgehead atoms. The van der Waals surface area contributed by atoms with E-state index in [4.69, 9.17) is 0 Å². The molecule has 1 saturated carbocycles. The molecule has 0 radical (unpaired) electrons. The lowest BCUT2D eigenvalue weighted by Gasteiger charge is -2.35. The SMILES string of the molecule is Cc1ccc(/C=C2\C(=O)NC(=O)N(C3CCCCC3)C2=O)cc1. The van der Waals surface area contributed by atoms with Gasteiger partial charge >= 0.3 is 6.03 Å². The van der Waals surface area contributed by atoms with E-state index in [0.29, 0.717) is 0 Å². The molecule has 1 heterocycles. The van der Waals surface area contributed by atoms with Gasteiger partial charge in [-0.3, -0.25) is 19.8 Å². The zero-order valence-electron chi connectivity index (χ0n) is 13.2. The molecule has 23 heavy (non-hydrogen) atoms. The highest BCUT2D eigenvalue weighted by Gasteiger charge is 2.40. The van der Waals surface area contributed by atoms with E-state index in [9.17, 15) is 14.4 Å². The van der Waals surface area contributed by atoms with Crippen molar-refractivity contribution in [3.63, 3.8) is 0 Å². The number of hydrogen-bond acceptors (Lipinski definition) is 3. The first kappa shape index (κ1) is 15.5. The lowest BCUT2D eigenvalue weighted by Crippen LogP contribution is -2.58. The van der Waals surface area contributed by atoms with Crippen LogP contribution in [0.25, 0.3) is 6.08 Å². The van der Waals surface area contributed by atoms with E-state index in [1.54, 1.807) is 6.08 Å². The van der Waals surface area contributed by atoms with Gasteiger partial charge in [-0.05, 0) is 31.4 Å². The Morgan fingerprint density at radius 3 is 2.35 bits per heavy atom. The third-order valence-corrected chi connectivity index (χ3v) is 4.46. The number of imide groups is 2. The molecule has 0 aromatic heterocycles. The summed E-state index contributed by atoms with van der Waals surface area (Å²) in [5.41, 5.74) is 1.90. The summed E-state index contributed by atoms with van der Waals surface area (Å²) in [4.78, 5) is 38.1. The number of barbiturate groups is 1. The number of rotatable bonds is 2. The van der Waals surface area contributed by atoms with Crippen LogP contribution in [0.3, 0.4) is 0 Å². The van der Waals surface area contributed by atoms with Crippen LogP contribution in [0.15, 0.2) is 29.8 Å². The Labute approximate surface area is 135 Å². The van der Waals surface area contributed by atoms with Gasteiger partial charge in [0.05, 0.1) is 0 Å². The van der Waals surface area contributed by atoms with Crippen molar-refractivity contribution in [2.24, 2.45) is 0 Å². The summed E-state index contributed by atoms with van der Waals surface area (Å²) in [6, 6.07) is 6.84. The van der Waals surface area contributed by atoms with E-state index in [2.05, 4.69) is 5.32 Å². The Hall–Kier alpha value is -2.43. The van der Waals surface area contributed by atoms with Gasteiger partial charge in [0.2, 0.25) is 0 Å². The predicted octanol–water partition coefficient (Wildman–Crippen LogP) is 2.79. The number of nitrogens with one attached hydrogen (secondary N) is 1. The Bertz CT molecular complexity index is 670. The van der Waals surface area contributed by atoms with Crippen LogP contribution < -0.4 is 5.32 Å². The van der Waals surface area contributed by atoms with E-state index in [0.717, 1.165) is 43.2 Å². The van der Waals surface area contributed by atoms with Crippen molar-refractivity contribution in [1.29, 1.82) is 0 Å². The first-order chi connectivity index (χ1) is 11.1. The molecule has 2 aliphatic rings. The highest BCUT2D eigenvalue weighted by atomic mass is 16.2. The minimum Gasteiger partial charge on any atom is -0.273 e. The number of nitrogens with zero attached hydrogens (tertiary/aromatic N) is 1. The average Bonchev–Trinajstić information content (AvgIpc) is 2.54. The largest absolute Gasteiger partial charge is 0.331 e. The molecule has 0 unspecified atom stereocenters. The number of hydrogen-bond donors (Lipinski definition) is 1. The van der Waals surface area contributed by atoms with Crippen LogP contribution in [0.2, 0.25) is 0 Å². The molecule has 120 valence electrons. The second-order valence-corrected chi connectivity index (χ2v) is 6.19. The van der Waals surface area contributed by atoms with Gasteiger partial charge < -0.3 is 0 Å². The van der Waals surface area contributed by atoms with E-state index >= 15 is 0 Å².